The van der Waals surface area contributed by atoms with Crippen LogP contribution in [0.25, 0.3) is 0 Å². The summed E-state index contributed by atoms with van der Waals surface area (Å²) in [6, 6.07) is 6.23. The van der Waals surface area contributed by atoms with Crippen LogP contribution >= 0.6 is 11.6 Å². The van der Waals surface area contributed by atoms with Gasteiger partial charge in [0.2, 0.25) is 0 Å². The van der Waals surface area contributed by atoms with Crippen molar-refractivity contribution in [3.63, 3.8) is 0 Å². The SMILES string of the molecule is CN1CCN(CC2CNc3c(Cl)cccc32)CC1. The lowest BCUT2D eigenvalue weighted by Crippen LogP contribution is -2.45. The van der Waals surface area contributed by atoms with Gasteiger partial charge in [0.25, 0.3) is 0 Å². The molecule has 1 aromatic carbocycles. The number of anilines is 1. The van der Waals surface area contributed by atoms with E-state index in [9.17, 15) is 0 Å². The summed E-state index contributed by atoms with van der Waals surface area (Å²) < 4.78 is 0. The topological polar surface area (TPSA) is 18.5 Å². The van der Waals surface area contributed by atoms with Crippen LogP contribution in [-0.4, -0.2) is 56.1 Å². The van der Waals surface area contributed by atoms with Crippen molar-refractivity contribution in [2.24, 2.45) is 0 Å². The van der Waals surface area contributed by atoms with E-state index < -0.39 is 0 Å². The van der Waals surface area contributed by atoms with Crippen LogP contribution in [-0.2, 0) is 0 Å². The minimum Gasteiger partial charge on any atom is -0.383 e. The van der Waals surface area contributed by atoms with Gasteiger partial charge in [-0.05, 0) is 18.7 Å². The predicted octanol–water partition coefficient (Wildman–Crippen LogP) is 2.10. The number of hydrogen-bond acceptors (Lipinski definition) is 3. The van der Waals surface area contributed by atoms with Gasteiger partial charge in [-0.3, -0.25) is 0 Å². The lowest BCUT2D eigenvalue weighted by atomic mass is 10.0. The summed E-state index contributed by atoms with van der Waals surface area (Å²) in [5.41, 5.74) is 2.54. The Morgan fingerprint density at radius 2 is 2.06 bits per heavy atom. The van der Waals surface area contributed by atoms with Crippen LogP contribution in [0, 0.1) is 0 Å². The molecular formula is C14H20ClN3. The van der Waals surface area contributed by atoms with E-state index in [4.69, 9.17) is 11.6 Å². The van der Waals surface area contributed by atoms with E-state index in [1.165, 1.54) is 31.7 Å². The Kier molecular flexibility index (Phi) is 3.46. The lowest BCUT2D eigenvalue weighted by Gasteiger charge is -2.33. The number of piperazine rings is 1. The number of para-hydroxylation sites is 1. The number of fused-ring (bicyclic) bond motifs is 1. The van der Waals surface area contributed by atoms with Crippen LogP contribution in [0.5, 0.6) is 0 Å². The summed E-state index contributed by atoms with van der Waals surface area (Å²) in [6.45, 7) is 6.90. The third kappa shape index (κ3) is 2.35. The van der Waals surface area contributed by atoms with Gasteiger partial charge in [-0.25, -0.2) is 0 Å². The summed E-state index contributed by atoms with van der Waals surface area (Å²) in [7, 11) is 2.20. The fourth-order valence-electron chi connectivity index (χ4n) is 2.91. The van der Waals surface area contributed by atoms with Gasteiger partial charge in [0, 0.05) is 45.2 Å². The second-order valence-corrected chi connectivity index (χ2v) is 5.79. The maximum atomic E-state index is 6.21. The van der Waals surface area contributed by atoms with E-state index in [0.717, 1.165) is 23.8 Å². The molecule has 1 aromatic rings. The monoisotopic (exact) mass is 265 g/mol. The Morgan fingerprint density at radius 1 is 1.28 bits per heavy atom. The Balaban J connectivity index is 1.68. The molecule has 2 aliphatic heterocycles. The first-order valence-electron chi connectivity index (χ1n) is 6.67. The number of likely N-dealkylation sites (N-methyl/N-ethyl adjacent to an activating group) is 1. The molecule has 3 nitrogen and oxygen atoms in total. The maximum absolute atomic E-state index is 6.21. The summed E-state index contributed by atoms with van der Waals surface area (Å²) >= 11 is 6.21. The number of nitrogens with zero attached hydrogens (tertiary/aromatic N) is 2. The molecule has 1 saturated heterocycles. The molecule has 1 fully saturated rings. The molecule has 0 bridgehead atoms. The summed E-state index contributed by atoms with van der Waals surface area (Å²) in [6.07, 6.45) is 0. The summed E-state index contributed by atoms with van der Waals surface area (Å²) in [4.78, 5) is 4.97. The van der Waals surface area contributed by atoms with E-state index in [0.29, 0.717) is 5.92 Å². The first kappa shape index (κ1) is 12.3. The highest BCUT2D eigenvalue weighted by atomic mass is 35.5. The van der Waals surface area contributed by atoms with Crippen molar-refractivity contribution in [3.05, 3.63) is 28.8 Å². The van der Waals surface area contributed by atoms with E-state index in [2.05, 4.69) is 34.3 Å². The van der Waals surface area contributed by atoms with Gasteiger partial charge in [0.1, 0.15) is 0 Å². The summed E-state index contributed by atoms with van der Waals surface area (Å²) in [5.74, 6) is 0.585. The van der Waals surface area contributed by atoms with Gasteiger partial charge in [-0.2, -0.15) is 0 Å². The first-order valence-corrected chi connectivity index (χ1v) is 7.05. The molecule has 98 valence electrons. The minimum atomic E-state index is 0.585. The van der Waals surface area contributed by atoms with Crippen molar-refractivity contribution in [2.45, 2.75) is 5.92 Å². The zero-order chi connectivity index (χ0) is 12.5. The Labute approximate surface area is 114 Å². The molecule has 1 unspecified atom stereocenters. The van der Waals surface area contributed by atoms with Gasteiger partial charge >= 0.3 is 0 Å². The molecule has 3 rings (SSSR count). The van der Waals surface area contributed by atoms with Crippen LogP contribution in [0.2, 0.25) is 5.02 Å². The highest BCUT2D eigenvalue weighted by Crippen LogP contribution is 2.37. The molecule has 1 N–H and O–H groups in total. The second kappa shape index (κ2) is 5.08. The average molecular weight is 266 g/mol. The van der Waals surface area contributed by atoms with Crippen molar-refractivity contribution < 1.29 is 0 Å². The summed E-state index contributed by atoms with van der Waals surface area (Å²) in [5, 5.41) is 4.30. The lowest BCUT2D eigenvalue weighted by molar-refractivity contribution is 0.149. The molecule has 0 aliphatic carbocycles. The third-order valence-corrected chi connectivity index (χ3v) is 4.40. The van der Waals surface area contributed by atoms with Crippen LogP contribution in [0.3, 0.4) is 0 Å². The third-order valence-electron chi connectivity index (χ3n) is 4.09. The smallest absolute Gasteiger partial charge is 0.0640 e. The molecule has 0 saturated carbocycles. The second-order valence-electron chi connectivity index (χ2n) is 5.39. The van der Waals surface area contributed by atoms with Gasteiger partial charge < -0.3 is 15.1 Å². The molecule has 2 heterocycles. The standard InChI is InChI=1S/C14H20ClN3/c1-17-5-7-18(8-6-17)10-11-9-16-14-12(11)3-2-4-13(14)15/h2-4,11,16H,5-10H2,1H3. The van der Waals surface area contributed by atoms with Crippen molar-refractivity contribution in [2.75, 3.05) is 51.6 Å². The molecule has 0 aromatic heterocycles. The Bertz CT molecular complexity index is 427. The van der Waals surface area contributed by atoms with Crippen molar-refractivity contribution in [3.8, 4) is 0 Å². The van der Waals surface area contributed by atoms with Gasteiger partial charge in [0.15, 0.2) is 0 Å². The quantitative estimate of drug-likeness (QED) is 0.884. The first-order chi connectivity index (χ1) is 8.74. The number of benzene rings is 1. The number of nitrogens with one attached hydrogen (secondary N) is 1. The zero-order valence-corrected chi connectivity index (χ0v) is 11.6. The Hall–Kier alpha value is -0.770. The number of hydrogen-bond donors (Lipinski definition) is 1. The van der Waals surface area contributed by atoms with E-state index in [-0.39, 0.29) is 0 Å². The van der Waals surface area contributed by atoms with E-state index >= 15 is 0 Å². The van der Waals surface area contributed by atoms with E-state index in [1.54, 1.807) is 0 Å². The fraction of sp³-hybridized carbons (Fsp3) is 0.571. The highest BCUT2D eigenvalue weighted by molar-refractivity contribution is 6.33. The van der Waals surface area contributed by atoms with E-state index in [1.807, 2.05) is 6.07 Å². The molecule has 0 amide bonds. The minimum absolute atomic E-state index is 0.585. The molecule has 4 heteroatoms. The zero-order valence-electron chi connectivity index (χ0n) is 10.8. The van der Waals surface area contributed by atoms with Gasteiger partial charge in [-0.1, -0.05) is 23.7 Å². The van der Waals surface area contributed by atoms with Crippen LogP contribution in [0.1, 0.15) is 11.5 Å². The molecule has 1 atom stereocenters. The average Bonchev–Trinajstić information content (AvgIpc) is 2.77. The number of rotatable bonds is 2. The molecular weight excluding hydrogens is 246 g/mol. The highest BCUT2D eigenvalue weighted by Gasteiger charge is 2.26. The van der Waals surface area contributed by atoms with Crippen LogP contribution in [0.15, 0.2) is 18.2 Å². The fourth-order valence-corrected chi connectivity index (χ4v) is 3.16. The Morgan fingerprint density at radius 3 is 2.83 bits per heavy atom. The molecule has 0 radical (unpaired) electrons. The largest absolute Gasteiger partial charge is 0.383 e. The van der Waals surface area contributed by atoms with Crippen LogP contribution < -0.4 is 5.32 Å². The van der Waals surface area contributed by atoms with Crippen molar-refractivity contribution >= 4 is 17.3 Å². The maximum Gasteiger partial charge on any atom is 0.0640 e. The molecule has 18 heavy (non-hydrogen) atoms. The normalized spacial score (nSPS) is 24.9. The van der Waals surface area contributed by atoms with Crippen molar-refractivity contribution in [1.82, 2.24) is 9.80 Å². The van der Waals surface area contributed by atoms with Gasteiger partial charge in [-0.15, -0.1) is 0 Å². The van der Waals surface area contributed by atoms with Crippen LogP contribution in [0.4, 0.5) is 5.69 Å². The number of halogens is 1. The van der Waals surface area contributed by atoms with Gasteiger partial charge in [0.05, 0.1) is 10.7 Å². The molecule has 2 aliphatic rings. The molecule has 0 spiro atoms. The van der Waals surface area contributed by atoms with Crippen molar-refractivity contribution in [1.29, 1.82) is 0 Å². The predicted molar refractivity (Wildman–Crippen MR) is 76.6 cm³/mol.